The molecule has 7 heteroatoms. The highest BCUT2D eigenvalue weighted by atomic mass is 35.5. The molecule has 0 bridgehead atoms. The van der Waals surface area contributed by atoms with Gasteiger partial charge in [0.2, 0.25) is 5.91 Å². The lowest BCUT2D eigenvalue weighted by molar-refractivity contribution is -0.117. The number of rotatable bonds is 9. The van der Waals surface area contributed by atoms with Crippen molar-refractivity contribution in [3.8, 4) is 11.5 Å². The Hall–Kier alpha value is -2.02. The third-order valence-corrected chi connectivity index (χ3v) is 4.66. The molecule has 0 aliphatic carbocycles. The van der Waals surface area contributed by atoms with Crippen LogP contribution in [0.2, 0.25) is 4.34 Å². The van der Waals surface area contributed by atoms with Gasteiger partial charge in [-0.3, -0.25) is 9.69 Å². The van der Waals surface area contributed by atoms with Gasteiger partial charge >= 0.3 is 0 Å². The van der Waals surface area contributed by atoms with E-state index in [0.29, 0.717) is 30.3 Å². The number of anilines is 1. The molecule has 0 fully saturated rings. The molecule has 1 heterocycles. The van der Waals surface area contributed by atoms with Gasteiger partial charge in [0.1, 0.15) is 11.5 Å². The molecular formula is C18H21ClN2O3S. The predicted octanol–water partition coefficient (Wildman–Crippen LogP) is 4.05. The Morgan fingerprint density at radius 2 is 2.12 bits per heavy atom. The SMILES string of the molecule is C=CCN(CC(=O)Nc1cc(OC)ccc1OC)Cc1ccc(Cl)s1. The van der Waals surface area contributed by atoms with Crippen molar-refractivity contribution < 1.29 is 14.3 Å². The first kappa shape index (κ1) is 19.3. The average Bonchev–Trinajstić information content (AvgIpc) is 2.99. The van der Waals surface area contributed by atoms with Crippen molar-refractivity contribution in [2.45, 2.75) is 6.54 Å². The molecule has 1 aromatic heterocycles. The summed E-state index contributed by atoms with van der Waals surface area (Å²) in [5.41, 5.74) is 0.574. The number of thiophene rings is 1. The second kappa shape index (κ2) is 9.46. The first-order valence-electron chi connectivity index (χ1n) is 7.65. The van der Waals surface area contributed by atoms with Gasteiger partial charge in [0.05, 0.1) is 30.8 Å². The maximum atomic E-state index is 12.5. The number of nitrogens with zero attached hydrogens (tertiary/aromatic N) is 1. The van der Waals surface area contributed by atoms with Crippen molar-refractivity contribution in [2.24, 2.45) is 0 Å². The van der Waals surface area contributed by atoms with Gasteiger partial charge in [-0.05, 0) is 24.3 Å². The molecular weight excluding hydrogens is 360 g/mol. The Kier molecular flexibility index (Phi) is 7.31. The van der Waals surface area contributed by atoms with Crippen LogP contribution in [0.3, 0.4) is 0 Å². The monoisotopic (exact) mass is 380 g/mol. The van der Waals surface area contributed by atoms with E-state index in [4.69, 9.17) is 21.1 Å². The molecule has 25 heavy (non-hydrogen) atoms. The van der Waals surface area contributed by atoms with E-state index in [2.05, 4.69) is 11.9 Å². The summed E-state index contributed by atoms with van der Waals surface area (Å²) in [4.78, 5) is 15.5. The van der Waals surface area contributed by atoms with Gasteiger partial charge in [-0.25, -0.2) is 0 Å². The number of amides is 1. The van der Waals surface area contributed by atoms with E-state index < -0.39 is 0 Å². The van der Waals surface area contributed by atoms with Gasteiger partial charge in [-0.1, -0.05) is 17.7 Å². The molecule has 0 aliphatic rings. The fraction of sp³-hybridized carbons (Fsp3) is 0.278. The molecule has 0 aliphatic heterocycles. The highest BCUT2D eigenvalue weighted by Gasteiger charge is 2.14. The van der Waals surface area contributed by atoms with Crippen LogP contribution in [0.15, 0.2) is 43.0 Å². The number of nitrogens with one attached hydrogen (secondary N) is 1. The van der Waals surface area contributed by atoms with Gasteiger partial charge in [-0.2, -0.15) is 0 Å². The number of ether oxygens (including phenoxy) is 2. The summed E-state index contributed by atoms with van der Waals surface area (Å²) >= 11 is 7.48. The molecule has 0 radical (unpaired) electrons. The standard InChI is InChI=1S/C18H21ClN2O3S/c1-4-9-21(11-14-6-8-17(19)25-14)12-18(22)20-15-10-13(23-2)5-7-16(15)24-3/h4-8,10H,1,9,11-12H2,2-3H3,(H,20,22). The van der Waals surface area contributed by atoms with E-state index in [9.17, 15) is 4.79 Å². The minimum absolute atomic E-state index is 0.143. The van der Waals surface area contributed by atoms with Gasteiger partial charge in [0, 0.05) is 24.0 Å². The highest BCUT2D eigenvalue weighted by molar-refractivity contribution is 7.16. The van der Waals surface area contributed by atoms with Crippen molar-refractivity contribution in [1.82, 2.24) is 4.90 Å². The molecule has 0 saturated carbocycles. The normalized spacial score (nSPS) is 10.6. The summed E-state index contributed by atoms with van der Waals surface area (Å²) in [5, 5.41) is 2.87. The average molecular weight is 381 g/mol. The Morgan fingerprint density at radius 1 is 1.32 bits per heavy atom. The fourth-order valence-corrected chi connectivity index (χ4v) is 3.46. The van der Waals surface area contributed by atoms with E-state index in [1.165, 1.54) is 11.3 Å². The minimum Gasteiger partial charge on any atom is -0.497 e. The van der Waals surface area contributed by atoms with Crippen LogP contribution in [0.4, 0.5) is 5.69 Å². The third-order valence-electron chi connectivity index (χ3n) is 3.44. The molecule has 0 unspecified atom stereocenters. The molecule has 1 amide bonds. The number of hydrogen-bond donors (Lipinski definition) is 1. The summed E-state index contributed by atoms with van der Waals surface area (Å²) in [6, 6.07) is 9.08. The third kappa shape index (κ3) is 5.77. The fourth-order valence-electron chi connectivity index (χ4n) is 2.33. The van der Waals surface area contributed by atoms with Crippen LogP contribution < -0.4 is 14.8 Å². The lowest BCUT2D eigenvalue weighted by atomic mass is 10.2. The van der Waals surface area contributed by atoms with Crippen LogP contribution in [0, 0.1) is 0 Å². The summed E-state index contributed by atoms with van der Waals surface area (Å²) in [6.07, 6.45) is 1.77. The van der Waals surface area contributed by atoms with Crippen LogP contribution in [0.25, 0.3) is 0 Å². The van der Waals surface area contributed by atoms with Crippen LogP contribution in [0.5, 0.6) is 11.5 Å². The smallest absolute Gasteiger partial charge is 0.238 e. The van der Waals surface area contributed by atoms with Crippen molar-refractivity contribution in [2.75, 3.05) is 32.6 Å². The van der Waals surface area contributed by atoms with Crippen LogP contribution in [-0.4, -0.2) is 38.1 Å². The first-order valence-corrected chi connectivity index (χ1v) is 8.84. The summed E-state index contributed by atoms with van der Waals surface area (Å²) < 4.78 is 11.2. The Balaban J connectivity index is 2.04. The first-order chi connectivity index (χ1) is 12.0. The number of benzene rings is 1. The predicted molar refractivity (Wildman–Crippen MR) is 103 cm³/mol. The summed E-state index contributed by atoms with van der Waals surface area (Å²) in [7, 11) is 3.13. The molecule has 0 atom stereocenters. The van der Waals surface area contributed by atoms with E-state index in [1.807, 2.05) is 17.0 Å². The number of halogens is 1. The van der Waals surface area contributed by atoms with Crippen LogP contribution >= 0.6 is 22.9 Å². The number of carbonyl (C=O) groups is 1. The highest BCUT2D eigenvalue weighted by Crippen LogP contribution is 2.29. The number of hydrogen-bond acceptors (Lipinski definition) is 5. The Bertz CT molecular complexity index is 733. The zero-order valence-corrected chi connectivity index (χ0v) is 15.8. The van der Waals surface area contributed by atoms with Crippen molar-refractivity contribution in [3.05, 3.63) is 52.2 Å². The molecule has 1 aromatic carbocycles. The number of carbonyl (C=O) groups excluding carboxylic acids is 1. The quantitative estimate of drug-likeness (QED) is 0.667. The molecule has 0 spiro atoms. The van der Waals surface area contributed by atoms with Gasteiger partial charge in [0.25, 0.3) is 0 Å². The topological polar surface area (TPSA) is 50.8 Å². The van der Waals surface area contributed by atoms with E-state index in [1.54, 1.807) is 38.5 Å². The van der Waals surface area contributed by atoms with E-state index >= 15 is 0 Å². The van der Waals surface area contributed by atoms with Crippen LogP contribution in [0.1, 0.15) is 4.88 Å². The second-order valence-corrected chi connectivity index (χ2v) is 7.08. The molecule has 2 aromatic rings. The lowest BCUT2D eigenvalue weighted by Gasteiger charge is -2.20. The Morgan fingerprint density at radius 3 is 2.72 bits per heavy atom. The van der Waals surface area contributed by atoms with Crippen molar-refractivity contribution in [3.63, 3.8) is 0 Å². The molecule has 5 nitrogen and oxygen atoms in total. The maximum Gasteiger partial charge on any atom is 0.238 e. The Labute approximate surface area is 156 Å². The lowest BCUT2D eigenvalue weighted by Crippen LogP contribution is -2.32. The van der Waals surface area contributed by atoms with Crippen molar-refractivity contribution >= 4 is 34.5 Å². The second-order valence-electron chi connectivity index (χ2n) is 5.28. The number of methoxy groups -OCH3 is 2. The largest absolute Gasteiger partial charge is 0.497 e. The molecule has 2 rings (SSSR count). The van der Waals surface area contributed by atoms with Crippen molar-refractivity contribution in [1.29, 1.82) is 0 Å². The molecule has 1 N–H and O–H groups in total. The van der Waals surface area contributed by atoms with Crippen LogP contribution in [-0.2, 0) is 11.3 Å². The molecule has 134 valence electrons. The van der Waals surface area contributed by atoms with E-state index in [-0.39, 0.29) is 12.5 Å². The summed E-state index contributed by atoms with van der Waals surface area (Å²) in [6.45, 7) is 5.21. The maximum absolute atomic E-state index is 12.5. The minimum atomic E-state index is -0.143. The summed E-state index contributed by atoms with van der Waals surface area (Å²) in [5.74, 6) is 1.08. The van der Waals surface area contributed by atoms with Gasteiger partial charge < -0.3 is 14.8 Å². The molecule has 0 saturated heterocycles. The van der Waals surface area contributed by atoms with Gasteiger partial charge in [-0.15, -0.1) is 17.9 Å². The van der Waals surface area contributed by atoms with Gasteiger partial charge in [0.15, 0.2) is 0 Å². The zero-order valence-electron chi connectivity index (χ0n) is 14.3. The zero-order chi connectivity index (χ0) is 18.2. The van der Waals surface area contributed by atoms with E-state index in [0.717, 1.165) is 9.21 Å².